The zero-order chi connectivity index (χ0) is 13.0. The molecular formula is C14H14F2N2. The minimum atomic E-state index is -0.527. The zero-order valence-electron chi connectivity index (χ0n) is 10.0. The fourth-order valence-corrected chi connectivity index (χ4v) is 1.71. The first kappa shape index (κ1) is 12.6. The van der Waals surface area contributed by atoms with Gasteiger partial charge in [-0.2, -0.15) is 0 Å². The monoisotopic (exact) mass is 248 g/mol. The first-order valence-corrected chi connectivity index (χ1v) is 5.74. The summed E-state index contributed by atoms with van der Waals surface area (Å²) >= 11 is 0. The minimum Gasteiger partial charge on any atom is -0.306 e. The summed E-state index contributed by atoms with van der Waals surface area (Å²) in [4.78, 5) is 4.01. The Balaban J connectivity index is 2.04. The largest absolute Gasteiger partial charge is 0.306 e. The SMILES string of the molecule is CC(NCc1c(F)cccc1F)c1cccnc1. The summed E-state index contributed by atoms with van der Waals surface area (Å²) in [6.07, 6.45) is 3.42. The number of nitrogens with one attached hydrogen (secondary N) is 1. The van der Waals surface area contributed by atoms with Gasteiger partial charge in [0.15, 0.2) is 0 Å². The van der Waals surface area contributed by atoms with Crippen molar-refractivity contribution < 1.29 is 8.78 Å². The number of nitrogens with zero attached hydrogens (tertiary/aromatic N) is 1. The van der Waals surface area contributed by atoms with Gasteiger partial charge < -0.3 is 5.32 Å². The van der Waals surface area contributed by atoms with Crippen molar-refractivity contribution in [3.05, 3.63) is 65.5 Å². The van der Waals surface area contributed by atoms with Gasteiger partial charge in [0.05, 0.1) is 0 Å². The summed E-state index contributed by atoms with van der Waals surface area (Å²) in [5, 5.41) is 3.08. The van der Waals surface area contributed by atoms with E-state index in [9.17, 15) is 8.78 Å². The second-order valence-corrected chi connectivity index (χ2v) is 4.09. The lowest BCUT2D eigenvalue weighted by Gasteiger charge is -2.14. The summed E-state index contributed by atoms with van der Waals surface area (Å²) in [6.45, 7) is 2.07. The molecule has 0 saturated heterocycles. The maximum absolute atomic E-state index is 13.4. The summed E-state index contributed by atoms with van der Waals surface area (Å²) in [7, 11) is 0. The van der Waals surface area contributed by atoms with Crippen molar-refractivity contribution in [2.45, 2.75) is 19.5 Å². The molecular weight excluding hydrogens is 234 g/mol. The summed E-state index contributed by atoms with van der Waals surface area (Å²) < 4.78 is 26.8. The van der Waals surface area contributed by atoms with Crippen LogP contribution in [0.4, 0.5) is 8.78 Å². The normalized spacial score (nSPS) is 12.4. The van der Waals surface area contributed by atoms with E-state index in [1.807, 2.05) is 19.1 Å². The Kier molecular flexibility index (Phi) is 3.99. The second kappa shape index (κ2) is 5.69. The van der Waals surface area contributed by atoms with Crippen LogP contribution in [-0.4, -0.2) is 4.98 Å². The van der Waals surface area contributed by atoms with Crippen LogP contribution in [0.5, 0.6) is 0 Å². The molecule has 94 valence electrons. The fraction of sp³-hybridized carbons (Fsp3) is 0.214. The van der Waals surface area contributed by atoms with E-state index >= 15 is 0 Å². The topological polar surface area (TPSA) is 24.9 Å². The molecule has 0 spiro atoms. The molecule has 1 aromatic carbocycles. The lowest BCUT2D eigenvalue weighted by molar-refractivity contribution is 0.508. The molecule has 1 atom stereocenters. The van der Waals surface area contributed by atoms with Gasteiger partial charge in [0.2, 0.25) is 0 Å². The van der Waals surface area contributed by atoms with E-state index in [0.717, 1.165) is 5.56 Å². The van der Waals surface area contributed by atoms with Gasteiger partial charge in [0, 0.05) is 30.5 Å². The molecule has 0 bridgehead atoms. The molecule has 0 aliphatic heterocycles. The molecule has 0 aliphatic rings. The molecule has 18 heavy (non-hydrogen) atoms. The molecule has 0 aliphatic carbocycles. The molecule has 1 unspecified atom stereocenters. The van der Waals surface area contributed by atoms with E-state index in [-0.39, 0.29) is 18.2 Å². The van der Waals surface area contributed by atoms with Crippen LogP contribution in [0.2, 0.25) is 0 Å². The highest BCUT2D eigenvalue weighted by Gasteiger charge is 2.10. The number of pyridine rings is 1. The molecule has 0 amide bonds. The van der Waals surface area contributed by atoms with Crippen molar-refractivity contribution in [2.75, 3.05) is 0 Å². The van der Waals surface area contributed by atoms with E-state index in [4.69, 9.17) is 0 Å². The van der Waals surface area contributed by atoms with E-state index in [2.05, 4.69) is 10.3 Å². The van der Waals surface area contributed by atoms with Gasteiger partial charge in [0.25, 0.3) is 0 Å². The van der Waals surface area contributed by atoms with Crippen molar-refractivity contribution in [3.8, 4) is 0 Å². The van der Waals surface area contributed by atoms with Crippen LogP contribution < -0.4 is 5.32 Å². The van der Waals surface area contributed by atoms with Gasteiger partial charge in [0.1, 0.15) is 11.6 Å². The van der Waals surface area contributed by atoms with E-state index in [0.29, 0.717) is 0 Å². The Hall–Kier alpha value is -1.81. The second-order valence-electron chi connectivity index (χ2n) is 4.09. The van der Waals surface area contributed by atoms with Gasteiger partial charge in [-0.15, -0.1) is 0 Å². The number of aromatic nitrogens is 1. The van der Waals surface area contributed by atoms with Crippen molar-refractivity contribution in [1.29, 1.82) is 0 Å². The van der Waals surface area contributed by atoms with Crippen molar-refractivity contribution in [1.82, 2.24) is 10.3 Å². The highest BCUT2D eigenvalue weighted by molar-refractivity contribution is 5.20. The molecule has 1 aromatic heterocycles. The van der Waals surface area contributed by atoms with Crippen molar-refractivity contribution >= 4 is 0 Å². The third-order valence-corrected chi connectivity index (χ3v) is 2.83. The first-order chi connectivity index (χ1) is 8.68. The first-order valence-electron chi connectivity index (χ1n) is 5.74. The molecule has 2 nitrogen and oxygen atoms in total. The number of hydrogen-bond acceptors (Lipinski definition) is 2. The quantitative estimate of drug-likeness (QED) is 0.898. The van der Waals surface area contributed by atoms with Crippen LogP contribution in [0.3, 0.4) is 0 Å². The van der Waals surface area contributed by atoms with Gasteiger partial charge in [-0.05, 0) is 30.7 Å². The molecule has 0 saturated carbocycles. The predicted molar refractivity (Wildman–Crippen MR) is 65.8 cm³/mol. The van der Waals surface area contributed by atoms with Gasteiger partial charge >= 0.3 is 0 Å². The van der Waals surface area contributed by atoms with Gasteiger partial charge in [-0.1, -0.05) is 12.1 Å². The average molecular weight is 248 g/mol. The standard InChI is InChI=1S/C14H14F2N2/c1-10(11-4-3-7-17-8-11)18-9-12-13(15)5-2-6-14(12)16/h2-8,10,18H,9H2,1H3. The highest BCUT2D eigenvalue weighted by Crippen LogP contribution is 2.15. The lowest BCUT2D eigenvalue weighted by Crippen LogP contribution is -2.19. The van der Waals surface area contributed by atoms with Crippen LogP contribution >= 0.6 is 0 Å². The maximum Gasteiger partial charge on any atom is 0.130 e. The molecule has 1 N–H and O–H groups in total. The van der Waals surface area contributed by atoms with Crippen LogP contribution in [0.1, 0.15) is 24.1 Å². The van der Waals surface area contributed by atoms with Gasteiger partial charge in [-0.25, -0.2) is 8.78 Å². The molecule has 4 heteroatoms. The van der Waals surface area contributed by atoms with Crippen molar-refractivity contribution in [2.24, 2.45) is 0 Å². The van der Waals surface area contributed by atoms with Crippen LogP contribution in [-0.2, 0) is 6.54 Å². The predicted octanol–water partition coefficient (Wildman–Crippen LogP) is 3.21. The Morgan fingerprint density at radius 1 is 1.17 bits per heavy atom. The Morgan fingerprint density at radius 3 is 2.50 bits per heavy atom. The minimum absolute atomic E-state index is 0.0160. The van der Waals surface area contributed by atoms with E-state index in [1.165, 1.54) is 18.2 Å². The average Bonchev–Trinajstić information content (AvgIpc) is 2.39. The molecule has 0 radical (unpaired) electrons. The molecule has 0 fully saturated rings. The van der Waals surface area contributed by atoms with Crippen LogP contribution in [0, 0.1) is 11.6 Å². The summed E-state index contributed by atoms with van der Waals surface area (Å²) in [6, 6.07) is 7.61. The number of rotatable bonds is 4. The number of hydrogen-bond donors (Lipinski definition) is 1. The maximum atomic E-state index is 13.4. The van der Waals surface area contributed by atoms with Crippen molar-refractivity contribution in [3.63, 3.8) is 0 Å². The molecule has 2 rings (SSSR count). The summed E-state index contributed by atoms with van der Waals surface area (Å²) in [5.41, 5.74) is 1.04. The van der Waals surface area contributed by atoms with Crippen LogP contribution in [0.25, 0.3) is 0 Å². The summed E-state index contributed by atoms with van der Waals surface area (Å²) in [5.74, 6) is -1.05. The number of halogens is 2. The van der Waals surface area contributed by atoms with Gasteiger partial charge in [-0.3, -0.25) is 4.98 Å². The zero-order valence-corrected chi connectivity index (χ0v) is 10.0. The van der Waals surface area contributed by atoms with E-state index in [1.54, 1.807) is 12.4 Å². The third kappa shape index (κ3) is 2.90. The molecule has 1 heterocycles. The Bertz CT molecular complexity index is 494. The van der Waals surface area contributed by atoms with Crippen LogP contribution in [0.15, 0.2) is 42.7 Å². The lowest BCUT2D eigenvalue weighted by atomic mass is 10.1. The third-order valence-electron chi connectivity index (χ3n) is 2.83. The Labute approximate surface area is 105 Å². The fourth-order valence-electron chi connectivity index (χ4n) is 1.71. The molecule has 2 aromatic rings. The highest BCUT2D eigenvalue weighted by atomic mass is 19.1. The Morgan fingerprint density at radius 2 is 1.89 bits per heavy atom. The number of benzene rings is 1. The smallest absolute Gasteiger partial charge is 0.130 e. The van der Waals surface area contributed by atoms with E-state index < -0.39 is 11.6 Å².